The summed E-state index contributed by atoms with van der Waals surface area (Å²) in [5.74, 6) is 0.939. The van der Waals surface area contributed by atoms with Crippen molar-refractivity contribution >= 4 is 82.9 Å². The maximum absolute atomic E-state index is 5.26. The van der Waals surface area contributed by atoms with E-state index in [1.807, 2.05) is 11.8 Å². The van der Waals surface area contributed by atoms with E-state index in [-0.39, 0.29) is 5.41 Å². The predicted octanol–water partition coefficient (Wildman–Crippen LogP) is 13.1. The summed E-state index contributed by atoms with van der Waals surface area (Å²) in [6, 6.07) is 53.8. The van der Waals surface area contributed by atoms with Gasteiger partial charge in [-0.05, 0) is 120 Å². The second-order valence-corrected chi connectivity index (χ2v) is 15.1. The van der Waals surface area contributed by atoms with Crippen LogP contribution < -0.4 is 4.90 Å². The van der Waals surface area contributed by atoms with Gasteiger partial charge in [0.25, 0.3) is 0 Å². The number of rotatable bonds is 1. The third-order valence-electron chi connectivity index (χ3n) is 11.0. The average Bonchev–Trinajstić information content (AvgIpc) is 3.35. The highest BCUT2D eigenvalue weighted by Crippen LogP contribution is 2.58. The number of benzene rings is 8. The summed E-state index contributed by atoms with van der Waals surface area (Å²) in [4.78, 5) is 10.2. The summed E-state index contributed by atoms with van der Waals surface area (Å²) in [5.41, 5.74) is 8.62. The number of para-hydroxylation sites is 1. The summed E-state index contributed by atoms with van der Waals surface area (Å²) in [7, 11) is 0. The fourth-order valence-corrected chi connectivity index (χ4v) is 9.65. The maximum Gasteiger partial charge on any atom is 0.138 e. The standard InChI is InChI=1S/C46H30N2S/c1-46(2)38-24-35-33-17-9-7-15-31(33)30-14-6-8-16-32(30)34(35)23-36(38)37-25-44-42(26-39(37)46)48(45-20-19-27-11-5-10-18-40(27)47-45)41-21-28-12-3-4-13-29(28)22-43(41)49-44/h3-26H,1-2H3. The Morgan fingerprint density at radius 3 is 1.73 bits per heavy atom. The first-order chi connectivity index (χ1) is 24.0. The maximum atomic E-state index is 5.26. The van der Waals surface area contributed by atoms with Crippen molar-refractivity contribution in [2.24, 2.45) is 0 Å². The van der Waals surface area contributed by atoms with Gasteiger partial charge in [0.15, 0.2) is 0 Å². The minimum atomic E-state index is -0.183. The fourth-order valence-electron chi connectivity index (χ4n) is 8.54. The molecular formula is C46H30N2S. The molecule has 8 aromatic carbocycles. The molecule has 9 aromatic rings. The van der Waals surface area contributed by atoms with Crippen molar-refractivity contribution in [1.29, 1.82) is 0 Å². The van der Waals surface area contributed by atoms with Crippen molar-refractivity contribution in [3.63, 3.8) is 0 Å². The van der Waals surface area contributed by atoms with E-state index in [1.54, 1.807) is 0 Å². The van der Waals surface area contributed by atoms with Gasteiger partial charge >= 0.3 is 0 Å². The quantitative estimate of drug-likeness (QED) is 0.166. The van der Waals surface area contributed by atoms with Gasteiger partial charge in [0.1, 0.15) is 5.82 Å². The SMILES string of the molecule is CC1(C)c2cc3c(cc2-c2cc4c5ccccc5c5ccccc5c4cc21)Sc1cc2ccccc2cc1N3c1ccc2ccccc2n1. The Morgan fingerprint density at radius 1 is 0.469 bits per heavy atom. The average molecular weight is 643 g/mol. The number of hydrogen-bond acceptors (Lipinski definition) is 3. The van der Waals surface area contributed by atoms with Crippen molar-refractivity contribution < 1.29 is 0 Å². The molecule has 0 saturated heterocycles. The second-order valence-electron chi connectivity index (χ2n) is 14.0. The highest BCUT2D eigenvalue weighted by Gasteiger charge is 2.39. The van der Waals surface area contributed by atoms with Crippen LogP contribution in [0.1, 0.15) is 25.0 Å². The first-order valence-corrected chi connectivity index (χ1v) is 17.8. The lowest BCUT2D eigenvalue weighted by Crippen LogP contribution is -2.19. The molecule has 0 atom stereocenters. The van der Waals surface area contributed by atoms with Gasteiger partial charge in [0, 0.05) is 20.6 Å². The van der Waals surface area contributed by atoms with Gasteiger partial charge < -0.3 is 0 Å². The van der Waals surface area contributed by atoms with Gasteiger partial charge in [0.2, 0.25) is 0 Å². The second kappa shape index (κ2) is 9.72. The third kappa shape index (κ3) is 3.77. The van der Waals surface area contributed by atoms with Crippen LogP contribution in [0.2, 0.25) is 0 Å². The molecule has 0 N–H and O–H groups in total. The van der Waals surface area contributed by atoms with Gasteiger partial charge in [-0.25, -0.2) is 4.98 Å². The van der Waals surface area contributed by atoms with Crippen molar-refractivity contribution in [1.82, 2.24) is 4.98 Å². The van der Waals surface area contributed by atoms with E-state index in [0.29, 0.717) is 0 Å². The minimum Gasteiger partial charge on any atom is -0.293 e. The van der Waals surface area contributed by atoms with Gasteiger partial charge in [-0.15, -0.1) is 0 Å². The number of aromatic nitrogens is 1. The summed E-state index contributed by atoms with van der Waals surface area (Å²) >= 11 is 1.88. The molecule has 1 aromatic heterocycles. The van der Waals surface area contributed by atoms with Crippen LogP contribution in [-0.4, -0.2) is 4.98 Å². The van der Waals surface area contributed by atoms with Crippen LogP contribution in [0.5, 0.6) is 0 Å². The molecule has 2 heterocycles. The molecule has 1 aliphatic carbocycles. The van der Waals surface area contributed by atoms with Crippen LogP contribution >= 0.6 is 11.8 Å². The van der Waals surface area contributed by atoms with Crippen molar-refractivity contribution in [2.75, 3.05) is 4.90 Å². The fraction of sp³-hybridized carbons (Fsp3) is 0.0652. The Bertz CT molecular complexity index is 2900. The van der Waals surface area contributed by atoms with E-state index in [9.17, 15) is 0 Å². The molecule has 0 unspecified atom stereocenters. The molecule has 0 saturated carbocycles. The molecule has 0 bridgehead atoms. The molecule has 3 heteroatoms. The van der Waals surface area contributed by atoms with E-state index < -0.39 is 0 Å². The van der Waals surface area contributed by atoms with Crippen LogP contribution in [0.15, 0.2) is 155 Å². The molecule has 0 radical (unpaired) electrons. The van der Waals surface area contributed by atoms with E-state index in [2.05, 4.69) is 164 Å². The van der Waals surface area contributed by atoms with E-state index >= 15 is 0 Å². The molecule has 0 fully saturated rings. The Morgan fingerprint density at radius 2 is 1.00 bits per heavy atom. The van der Waals surface area contributed by atoms with Crippen LogP contribution in [0.3, 0.4) is 0 Å². The minimum absolute atomic E-state index is 0.183. The molecule has 230 valence electrons. The third-order valence-corrected chi connectivity index (χ3v) is 12.1. The van der Waals surface area contributed by atoms with E-state index in [0.717, 1.165) is 16.7 Å². The van der Waals surface area contributed by atoms with Crippen LogP contribution in [-0.2, 0) is 5.41 Å². The smallest absolute Gasteiger partial charge is 0.138 e. The van der Waals surface area contributed by atoms with Gasteiger partial charge in [-0.1, -0.05) is 117 Å². The lowest BCUT2D eigenvalue weighted by Gasteiger charge is -2.34. The highest BCUT2D eigenvalue weighted by molar-refractivity contribution is 7.99. The highest BCUT2D eigenvalue weighted by atomic mass is 32.2. The number of nitrogens with zero attached hydrogens (tertiary/aromatic N) is 2. The first kappa shape index (κ1) is 27.3. The monoisotopic (exact) mass is 642 g/mol. The zero-order chi connectivity index (χ0) is 32.4. The summed E-state index contributed by atoms with van der Waals surface area (Å²) in [6.45, 7) is 4.80. The Hall–Kier alpha value is -5.64. The number of fused-ring (bicyclic) bond motifs is 13. The van der Waals surface area contributed by atoms with Gasteiger partial charge in [-0.3, -0.25) is 4.90 Å². The number of pyridine rings is 1. The molecule has 2 nitrogen and oxygen atoms in total. The molecule has 49 heavy (non-hydrogen) atoms. The number of hydrogen-bond donors (Lipinski definition) is 0. The lowest BCUT2D eigenvalue weighted by atomic mass is 9.81. The normalized spacial score (nSPS) is 14.4. The zero-order valence-electron chi connectivity index (χ0n) is 27.2. The number of anilines is 3. The molecule has 2 aliphatic rings. The van der Waals surface area contributed by atoms with Crippen molar-refractivity contribution in [3.05, 3.63) is 157 Å². The molecule has 0 amide bonds. The Labute approximate surface area is 288 Å². The predicted molar refractivity (Wildman–Crippen MR) is 208 cm³/mol. The molecule has 11 rings (SSSR count). The van der Waals surface area contributed by atoms with Gasteiger partial charge in [0.05, 0.1) is 16.9 Å². The van der Waals surface area contributed by atoms with Crippen LogP contribution in [0.4, 0.5) is 17.2 Å². The van der Waals surface area contributed by atoms with Crippen LogP contribution in [0, 0.1) is 0 Å². The molecule has 1 aliphatic heterocycles. The zero-order valence-corrected chi connectivity index (χ0v) is 28.0. The topological polar surface area (TPSA) is 16.1 Å². The summed E-state index contributed by atoms with van der Waals surface area (Å²) in [5, 5.41) is 11.5. The lowest BCUT2D eigenvalue weighted by molar-refractivity contribution is 0.661. The Kier molecular flexibility index (Phi) is 5.42. The van der Waals surface area contributed by atoms with E-state index in [1.165, 1.54) is 86.5 Å². The summed E-state index contributed by atoms with van der Waals surface area (Å²) < 4.78 is 0. The molecular weight excluding hydrogens is 613 g/mol. The Balaban J connectivity index is 1.19. The van der Waals surface area contributed by atoms with Crippen molar-refractivity contribution in [3.8, 4) is 11.1 Å². The van der Waals surface area contributed by atoms with E-state index in [4.69, 9.17) is 4.98 Å². The van der Waals surface area contributed by atoms with Crippen LogP contribution in [0.25, 0.3) is 65.1 Å². The molecule has 0 spiro atoms. The van der Waals surface area contributed by atoms with Crippen molar-refractivity contribution in [2.45, 2.75) is 29.1 Å². The summed E-state index contributed by atoms with van der Waals surface area (Å²) in [6.07, 6.45) is 0. The first-order valence-electron chi connectivity index (χ1n) is 17.0. The van der Waals surface area contributed by atoms with Gasteiger partial charge in [-0.2, -0.15) is 0 Å². The largest absolute Gasteiger partial charge is 0.293 e.